The first-order valence-electron chi connectivity index (χ1n) is 8.90. The van der Waals surface area contributed by atoms with E-state index in [0.29, 0.717) is 0 Å². The highest BCUT2D eigenvalue weighted by Crippen LogP contribution is 2.37. The fourth-order valence-corrected chi connectivity index (χ4v) is 3.38. The fourth-order valence-electron chi connectivity index (χ4n) is 3.38. The summed E-state index contributed by atoms with van der Waals surface area (Å²) in [4.78, 5) is 0. The van der Waals surface area contributed by atoms with Gasteiger partial charge in [-0.1, -0.05) is 42.5 Å². The lowest BCUT2D eigenvalue weighted by Crippen LogP contribution is -2.42. The van der Waals surface area contributed by atoms with E-state index in [0.717, 1.165) is 17.6 Å². The number of para-hydroxylation sites is 1. The van der Waals surface area contributed by atoms with Crippen LogP contribution in [0, 0.1) is 0 Å². The van der Waals surface area contributed by atoms with Gasteiger partial charge < -0.3 is 14.6 Å². The number of nitrogens with one attached hydrogen (secondary N) is 2. The van der Waals surface area contributed by atoms with E-state index >= 15 is 0 Å². The van der Waals surface area contributed by atoms with Crippen molar-refractivity contribution in [2.45, 2.75) is 51.6 Å². The van der Waals surface area contributed by atoms with Crippen molar-refractivity contribution >= 4 is 18.3 Å². The third-order valence-electron chi connectivity index (χ3n) is 5.63. The molecule has 0 radical (unpaired) electrons. The predicted octanol–water partition coefficient (Wildman–Crippen LogP) is 3.20. The largest absolute Gasteiger partial charge is 0.495 e. The van der Waals surface area contributed by atoms with Gasteiger partial charge >= 0.3 is 7.12 Å². The maximum absolute atomic E-state index is 6.27. The van der Waals surface area contributed by atoms with Gasteiger partial charge in [0, 0.05) is 12.2 Å². The van der Waals surface area contributed by atoms with Crippen molar-refractivity contribution < 1.29 is 9.31 Å². The summed E-state index contributed by atoms with van der Waals surface area (Å²) in [6, 6.07) is 16.7. The Hall–Kier alpha value is -1.82. The van der Waals surface area contributed by atoms with Crippen LogP contribution in [0.5, 0.6) is 0 Å². The second-order valence-corrected chi connectivity index (χ2v) is 7.83. The van der Waals surface area contributed by atoms with Crippen molar-refractivity contribution in [3.8, 4) is 0 Å². The SMILES string of the molecule is CC1(C)OB(c2ccccc2C2NCc3ccccc3N2)OC1(C)C. The molecule has 2 aromatic rings. The second-order valence-electron chi connectivity index (χ2n) is 7.83. The van der Waals surface area contributed by atoms with E-state index in [1.54, 1.807) is 0 Å². The lowest BCUT2D eigenvalue weighted by Gasteiger charge is -2.32. The highest BCUT2D eigenvalue weighted by Gasteiger charge is 2.52. The number of rotatable bonds is 2. The van der Waals surface area contributed by atoms with Crippen LogP contribution < -0.4 is 16.1 Å². The van der Waals surface area contributed by atoms with Gasteiger partial charge in [0.05, 0.1) is 11.2 Å². The zero-order chi connectivity index (χ0) is 17.7. The van der Waals surface area contributed by atoms with Crippen LogP contribution in [-0.2, 0) is 15.9 Å². The molecule has 1 atom stereocenters. The summed E-state index contributed by atoms with van der Waals surface area (Å²) >= 11 is 0. The Morgan fingerprint density at radius 2 is 1.56 bits per heavy atom. The van der Waals surface area contributed by atoms with Crippen LogP contribution in [0.2, 0.25) is 0 Å². The van der Waals surface area contributed by atoms with Crippen LogP contribution in [0.3, 0.4) is 0 Å². The molecule has 0 spiro atoms. The molecule has 4 nitrogen and oxygen atoms in total. The molecular weight excluding hydrogens is 311 g/mol. The summed E-state index contributed by atoms with van der Waals surface area (Å²) in [6.45, 7) is 9.18. The quantitative estimate of drug-likeness (QED) is 0.827. The minimum atomic E-state index is -0.359. The summed E-state index contributed by atoms with van der Waals surface area (Å²) < 4.78 is 12.5. The summed E-state index contributed by atoms with van der Waals surface area (Å²) in [7, 11) is -0.359. The molecule has 0 aromatic heterocycles. The van der Waals surface area contributed by atoms with Crippen LogP contribution in [0.4, 0.5) is 5.69 Å². The van der Waals surface area contributed by atoms with Gasteiger partial charge in [-0.3, -0.25) is 5.32 Å². The lowest BCUT2D eigenvalue weighted by molar-refractivity contribution is 0.00578. The van der Waals surface area contributed by atoms with Crippen molar-refractivity contribution in [2.75, 3.05) is 5.32 Å². The van der Waals surface area contributed by atoms with Crippen LogP contribution in [0.1, 0.15) is 45.0 Å². The highest BCUT2D eigenvalue weighted by atomic mass is 16.7. The van der Waals surface area contributed by atoms with E-state index in [-0.39, 0.29) is 24.5 Å². The van der Waals surface area contributed by atoms with E-state index in [2.05, 4.69) is 80.8 Å². The minimum absolute atomic E-state index is 0.0325. The molecular formula is C20H25BN2O2. The second kappa shape index (κ2) is 5.87. The molecule has 0 saturated carbocycles. The summed E-state index contributed by atoms with van der Waals surface area (Å²) in [5, 5.41) is 7.17. The molecule has 2 aliphatic heterocycles. The van der Waals surface area contributed by atoms with E-state index in [9.17, 15) is 0 Å². The van der Waals surface area contributed by atoms with Crippen LogP contribution in [-0.4, -0.2) is 18.3 Å². The normalized spacial score (nSPS) is 23.8. The van der Waals surface area contributed by atoms with E-state index < -0.39 is 0 Å². The zero-order valence-electron chi connectivity index (χ0n) is 15.3. The van der Waals surface area contributed by atoms with E-state index in [1.165, 1.54) is 11.3 Å². The molecule has 0 amide bonds. The number of anilines is 1. The molecule has 2 heterocycles. The van der Waals surface area contributed by atoms with Crippen LogP contribution in [0.25, 0.3) is 0 Å². The molecule has 4 rings (SSSR count). The van der Waals surface area contributed by atoms with Gasteiger partial charge in [0.2, 0.25) is 0 Å². The molecule has 0 aliphatic carbocycles. The zero-order valence-corrected chi connectivity index (χ0v) is 15.3. The predicted molar refractivity (Wildman–Crippen MR) is 102 cm³/mol. The number of benzene rings is 2. The maximum Gasteiger partial charge on any atom is 0.495 e. The molecule has 1 fully saturated rings. The molecule has 5 heteroatoms. The van der Waals surface area contributed by atoms with Gasteiger partial charge in [0.1, 0.15) is 6.17 Å². The van der Waals surface area contributed by atoms with E-state index in [4.69, 9.17) is 9.31 Å². The summed E-state index contributed by atoms with van der Waals surface area (Å²) in [6.07, 6.45) is 0.0325. The molecule has 2 N–H and O–H groups in total. The molecule has 25 heavy (non-hydrogen) atoms. The van der Waals surface area contributed by atoms with E-state index in [1.807, 2.05) is 6.07 Å². The Kier molecular flexibility index (Phi) is 3.91. The van der Waals surface area contributed by atoms with Gasteiger partial charge in [-0.05, 0) is 50.4 Å². The minimum Gasteiger partial charge on any atom is -0.399 e. The molecule has 2 aliphatic rings. The topological polar surface area (TPSA) is 42.5 Å². The first-order valence-corrected chi connectivity index (χ1v) is 8.90. The Morgan fingerprint density at radius 1 is 0.920 bits per heavy atom. The van der Waals surface area contributed by atoms with Crippen molar-refractivity contribution in [3.05, 3.63) is 59.7 Å². The van der Waals surface area contributed by atoms with Crippen molar-refractivity contribution in [2.24, 2.45) is 0 Å². The molecule has 0 bridgehead atoms. The van der Waals surface area contributed by atoms with Gasteiger partial charge in [0.25, 0.3) is 0 Å². The Bertz CT molecular complexity index is 775. The third-order valence-corrected chi connectivity index (χ3v) is 5.63. The van der Waals surface area contributed by atoms with Crippen molar-refractivity contribution in [1.82, 2.24) is 5.32 Å². The maximum atomic E-state index is 6.27. The van der Waals surface area contributed by atoms with Crippen molar-refractivity contribution in [1.29, 1.82) is 0 Å². The van der Waals surface area contributed by atoms with Gasteiger partial charge in [-0.25, -0.2) is 0 Å². The average molecular weight is 336 g/mol. The molecule has 2 aromatic carbocycles. The standard InChI is InChI=1S/C20H25BN2O2/c1-19(2)20(3,4)25-21(24-19)16-11-7-6-10-15(16)18-22-13-14-9-5-8-12-17(14)23-18/h5-12,18,22-23H,13H2,1-4H3. The summed E-state index contributed by atoms with van der Waals surface area (Å²) in [5.74, 6) is 0. The molecule has 1 saturated heterocycles. The monoisotopic (exact) mass is 336 g/mol. The van der Waals surface area contributed by atoms with Gasteiger partial charge in [-0.15, -0.1) is 0 Å². The number of hydrogen-bond acceptors (Lipinski definition) is 4. The molecule has 130 valence electrons. The average Bonchev–Trinajstić information content (AvgIpc) is 2.82. The van der Waals surface area contributed by atoms with Crippen LogP contribution in [0.15, 0.2) is 48.5 Å². The van der Waals surface area contributed by atoms with Crippen LogP contribution >= 0.6 is 0 Å². The fraction of sp³-hybridized carbons (Fsp3) is 0.400. The highest BCUT2D eigenvalue weighted by molar-refractivity contribution is 6.62. The lowest BCUT2D eigenvalue weighted by atomic mass is 9.75. The van der Waals surface area contributed by atoms with Gasteiger partial charge in [-0.2, -0.15) is 0 Å². The number of hydrogen-bond donors (Lipinski definition) is 2. The summed E-state index contributed by atoms with van der Waals surface area (Å²) in [5.41, 5.74) is 4.01. The smallest absolute Gasteiger partial charge is 0.399 e. The van der Waals surface area contributed by atoms with Crippen molar-refractivity contribution in [3.63, 3.8) is 0 Å². The Labute approximate surface area is 150 Å². The van der Waals surface area contributed by atoms with Gasteiger partial charge in [0.15, 0.2) is 0 Å². The first kappa shape index (κ1) is 16.6. The Morgan fingerprint density at radius 3 is 2.32 bits per heavy atom. The third kappa shape index (κ3) is 2.86. The molecule has 1 unspecified atom stereocenters. The first-order chi connectivity index (χ1) is 11.9. The Balaban J connectivity index is 1.65. The number of fused-ring (bicyclic) bond motifs is 1.